The van der Waals surface area contributed by atoms with Gasteiger partial charge in [-0.1, -0.05) is 29.3 Å². The van der Waals surface area contributed by atoms with E-state index < -0.39 is 0 Å². The number of carbonyl (C=O) groups is 1. The number of carbonyl (C=O) groups excluding carboxylic acids is 1. The minimum Gasteiger partial charge on any atom is -0.494 e. The van der Waals surface area contributed by atoms with Crippen LogP contribution >= 0.6 is 23.2 Å². The third-order valence-electron chi connectivity index (χ3n) is 6.19. The molecule has 0 aliphatic rings. The predicted molar refractivity (Wildman–Crippen MR) is 135 cm³/mol. The van der Waals surface area contributed by atoms with Crippen molar-refractivity contribution in [1.82, 2.24) is 14.8 Å². The Labute approximate surface area is 203 Å². The predicted octanol–water partition coefficient (Wildman–Crippen LogP) is 6.93. The lowest BCUT2D eigenvalue weighted by molar-refractivity contribution is 0.111. The Morgan fingerprint density at radius 3 is 2.39 bits per heavy atom. The molecule has 0 radical (unpaired) electrons. The standard InChI is InChI=1S/C26H27Cl2N3O2/c1-14-11-18(12-15(2)25(14)28)33-10-6-7-19-20-8-9-21(27)24(26(20)29-22(19)13-32)23-16(3)30-31(5)17(23)4/h8-9,11-13,29H,6-7,10H2,1-5H3. The van der Waals surface area contributed by atoms with Crippen molar-refractivity contribution in [3.8, 4) is 16.9 Å². The molecular weight excluding hydrogens is 457 g/mol. The van der Waals surface area contributed by atoms with Crippen molar-refractivity contribution in [2.75, 3.05) is 6.61 Å². The van der Waals surface area contributed by atoms with E-state index in [9.17, 15) is 4.79 Å². The first-order chi connectivity index (χ1) is 15.7. The van der Waals surface area contributed by atoms with E-state index in [4.69, 9.17) is 27.9 Å². The molecule has 2 aromatic heterocycles. The summed E-state index contributed by atoms with van der Waals surface area (Å²) in [5.74, 6) is 0.806. The molecule has 33 heavy (non-hydrogen) atoms. The molecule has 2 aromatic carbocycles. The highest BCUT2D eigenvalue weighted by Gasteiger charge is 2.21. The maximum atomic E-state index is 11.9. The number of hydrogen-bond acceptors (Lipinski definition) is 3. The van der Waals surface area contributed by atoms with E-state index in [-0.39, 0.29) is 0 Å². The average molecular weight is 484 g/mol. The number of rotatable bonds is 7. The summed E-state index contributed by atoms with van der Waals surface area (Å²) in [4.78, 5) is 15.2. The summed E-state index contributed by atoms with van der Waals surface area (Å²) in [6.07, 6.45) is 2.34. The molecule has 0 unspecified atom stereocenters. The monoisotopic (exact) mass is 483 g/mol. The van der Waals surface area contributed by atoms with Crippen LogP contribution in [0.5, 0.6) is 5.75 Å². The summed E-state index contributed by atoms with van der Waals surface area (Å²) in [6.45, 7) is 8.47. The molecule has 172 valence electrons. The number of nitrogens with zero attached hydrogens (tertiary/aromatic N) is 2. The number of aldehydes is 1. The second-order valence-electron chi connectivity index (χ2n) is 8.47. The van der Waals surface area contributed by atoms with Crippen LogP contribution in [0.25, 0.3) is 22.0 Å². The SMILES string of the molecule is Cc1cc(OCCCc2c(C=O)[nH]c3c(-c4c(C)nn(C)c4C)c(Cl)ccc23)cc(C)c1Cl. The van der Waals surface area contributed by atoms with Crippen LogP contribution in [0.1, 0.15) is 45.0 Å². The Morgan fingerprint density at radius 2 is 1.79 bits per heavy atom. The first kappa shape index (κ1) is 23.4. The van der Waals surface area contributed by atoms with Crippen molar-refractivity contribution in [3.05, 3.63) is 68.1 Å². The topological polar surface area (TPSA) is 59.9 Å². The third kappa shape index (κ3) is 4.28. The Kier molecular flexibility index (Phi) is 6.55. The first-order valence-electron chi connectivity index (χ1n) is 10.9. The van der Waals surface area contributed by atoms with E-state index in [0.29, 0.717) is 23.7 Å². The fourth-order valence-corrected chi connectivity index (χ4v) is 4.85. The minimum atomic E-state index is 0.534. The smallest absolute Gasteiger partial charge is 0.166 e. The largest absolute Gasteiger partial charge is 0.494 e. The number of halogens is 2. The molecule has 0 saturated heterocycles. The fourth-order valence-electron chi connectivity index (χ4n) is 4.49. The highest BCUT2D eigenvalue weighted by molar-refractivity contribution is 6.35. The molecular formula is C26H27Cl2N3O2. The molecule has 0 fully saturated rings. The summed E-state index contributed by atoms with van der Waals surface area (Å²) < 4.78 is 7.81. The number of nitrogens with one attached hydrogen (secondary N) is 1. The summed E-state index contributed by atoms with van der Waals surface area (Å²) in [7, 11) is 1.92. The Hall–Kier alpha value is -2.76. The molecule has 0 bridgehead atoms. The second-order valence-corrected chi connectivity index (χ2v) is 9.26. The van der Waals surface area contributed by atoms with Crippen LogP contribution < -0.4 is 4.74 Å². The van der Waals surface area contributed by atoms with Crippen LogP contribution in [0.4, 0.5) is 0 Å². The number of aromatic nitrogens is 3. The van der Waals surface area contributed by atoms with Crippen molar-refractivity contribution in [3.63, 3.8) is 0 Å². The summed E-state index contributed by atoms with van der Waals surface area (Å²) >= 11 is 12.9. The van der Waals surface area contributed by atoms with Gasteiger partial charge in [-0.3, -0.25) is 9.48 Å². The zero-order valence-corrected chi connectivity index (χ0v) is 21.0. The van der Waals surface area contributed by atoms with Crippen molar-refractivity contribution in [2.24, 2.45) is 7.05 Å². The molecule has 5 nitrogen and oxygen atoms in total. The van der Waals surface area contributed by atoms with Gasteiger partial charge in [-0.2, -0.15) is 5.10 Å². The van der Waals surface area contributed by atoms with E-state index in [0.717, 1.165) is 73.6 Å². The summed E-state index contributed by atoms with van der Waals surface area (Å²) in [5, 5.41) is 6.94. The van der Waals surface area contributed by atoms with Crippen LogP contribution in [0.3, 0.4) is 0 Å². The number of hydrogen-bond donors (Lipinski definition) is 1. The number of aryl methyl sites for hydroxylation is 5. The lowest BCUT2D eigenvalue weighted by Crippen LogP contribution is -2.01. The number of ether oxygens (including phenoxy) is 1. The van der Waals surface area contributed by atoms with Crippen LogP contribution in [-0.4, -0.2) is 27.7 Å². The average Bonchev–Trinajstić information content (AvgIpc) is 3.25. The number of benzene rings is 2. The van der Waals surface area contributed by atoms with Crippen LogP contribution in [0, 0.1) is 27.7 Å². The molecule has 4 rings (SSSR count). The molecule has 2 heterocycles. The van der Waals surface area contributed by atoms with Gasteiger partial charge >= 0.3 is 0 Å². The van der Waals surface area contributed by atoms with Gasteiger partial charge in [0.25, 0.3) is 0 Å². The van der Waals surface area contributed by atoms with Gasteiger partial charge in [-0.05, 0) is 75.4 Å². The number of fused-ring (bicyclic) bond motifs is 1. The van der Waals surface area contributed by atoms with Crippen molar-refractivity contribution in [1.29, 1.82) is 0 Å². The quantitative estimate of drug-likeness (QED) is 0.229. The molecule has 0 aliphatic heterocycles. The maximum absolute atomic E-state index is 11.9. The summed E-state index contributed by atoms with van der Waals surface area (Å²) in [5.41, 5.74) is 8.21. The van der Waals surface area contributed by atoms with Gasteiger partial charge in [-0.15, -0.1) is 0 Å². The summed E-state index contributed by atoms with van der Waals surface area (Å²) in [6, 6.07) is 7.77. The van der Waals surface area contributed by atoms with Gasteiger partial charge < -0.3 is 9.72 Å². The van der Waals surface area contributed by atoms with Crippen LogP contribution in [0.15, 0.2) is 24.3 Å². The Bertz CT molecular complexity index is 1350. The van der Waals surface area contributed by atoms with E-state index in [2.05, 4.69) is 10.1 Å². The normalized spacial score (nSPS) is 11.4. The molecule has 0 amide bonds. The molecule has 0 saturated carbocycles. The van der Waals surface area contributed by atoms with Crippen molar-refractivity contribution >= 4 is 40.4 Å². The Morgan fingerprint density at radius 1 is 1.09 bits per heavy atom. The van der Waals surface area contributed by atoms with Crippen molar-refractivity contribution in [2.45, 2.75) is 40.5 Å². The van der Waals surface area contributed by atoms with Gasteiger partial charge in [0.2, 0.25) is 0 Å². The maximum Gasteiger partial charge on any atom is 0.166 e. The number of H-pyrrole nitrogens is 1. The van der Waals surface area contributed by atoms with E-state index >= 15 is 0 Å². The molecule has 0 aliphatic carbocycles. The lowest BCUT2D eigenvalue weighted by atomic mass is 9.98. The molecule has 7 heteroatoms. The number of aromatic amines is 1. The van der Waals surface area contributed by atoms with Gasteiger partial charge in [0.15, 0.2) is 6.29 Å². The highest BCUT2D eigenvalue weighted by Crippen LogP contribution is 2.40. The molecule has 0 atom stereocenters. The van der Waals surface area contributed by atoms with E-state index in [1.54, 1.807) is 0 Å². The van der Waals surface area contributed by atoms with Gasteiger partial charge in [0, 0.05) is 34.3 Å². The van der Waals surface area contributed by atoms with Crippen LogP contribution in [-0.2, 0) is 13.5 Å². The van der Waals surface area contributed by atoms with Crippen LogP contribution in [0.2, 0.25) is 10.0 Å². The van der Waals surface area contributed by atoms with E-state index in [1.165, 1.54) is 0 Å². The fraction of sp³-hybridized carbons (Fsp3) is 0.308. The zero-order valence-electron chi connectivity index (χ0n) is 19.5. The van der Waals surface area contributed by atoms with E-state index in [1.807, 2.05) is 63.7 Å². The zero-order chi connectivity index (χ0) is 23.9. The van der Waals surface area contributed by atoms with Gasteiger partial charge in [0.1, 0.15) is 5.75 Å². The minimum absolute atomic E-state index is 0.534. The highest BCUT2D eigenvalue weighted by atomic mass is 35.5. The molecule has 1 N–H and O–H groups in total. The molecule has 0 spiro atoms. The lowest BCUT2D eigenvalue weighted by Gasteiger charge is -2.10. The third-order valence-corrected chi connectivity index (χ3v) is 7.10. The van der Waals surface area contributed by atoms with Gasteiger partial charge in [-0.25, -0.2) is 0 Å². The van der Waals surface area contributed by atoms with Crippen molar-refractivity contribution < 1.29 is 9.53 Å². The molecule has 4 aromatic rings. The Balaban J connectivity index is 1.63. The second kappa shape index (κ2) is 9.24. The first-order valence-corrected chi connectivity index (χ1v) is 11.7. The van der Waals surface area contributed by atoms with Gasteiger partial charge in [0.05, 0.1) is 28.5 Å².